The molecule has 0 saturated carbocycles. The molecule has 0 aliphatic carbocycles. The Morgan fingerprint density at radius 2 is 1.69 bits per heavy atom. The van der Waals surface area contributed by atoms with Gasteiger partial charge in [-0.2, -0.15) is 0 Å². The highest BCUT2D eigenvalue weighted by Crippen LogP contribution is 2.50. The number of carbonyl (C=O) groups excluding carboxylic acids is 2. The van der Waals surface area contributed by atoms with Crippen molar-refractivity contribution in [3.8, 4) is 0 Å². The first-order valence-electron chi connectivity index (χ1n) is 10.1. The fraction of sp³-hybridized carbons (Fsp3) is 0.360. The van der Waals surface area contributed by atoms with E-state index < -0.39 is 11.1 Å². The number of carbonyl (C=O) groups is 2. The van der Waals surface area contributed by atoms with E-state index in [0.29, 0.717) is 13.0 Å². The smallest absolute Gasteiger partial charge is 0.311 e. The van der Waals surface area contributed by atoms with Gasteiger partial charge in [-0.05, 0) is 44.4 Å². The molecule has 0 spiro atoms. The van der Waals surface area contributed by atoms with Crippen LogP contribution < -0.4 is 0 Å². The molecule has 0 aromatic heterocycles. The largest absolute Gasteiger partial charge is 0.460 e. The van der Waals surface area contributed by atoms with Crippen LogP contribution in [0.15, 0.2) is 72.8 Å². The maximum absolute atomic E-state index is 13.3. The Balaban J connectivity index is 1.79. The van der Waals surface area contributed by atoms with Crippen LogP contribution in [-0.2, 0) is 26.4 Å². The van der Waals surface area contributed by atoms with Gasteiger partial charge >= 0.3 is 5.97 Å². The van der Waals surface area contributed by atoms with Gasteiger partial charge < -0.3 is 4.74 Å². The van der Waals surface area contributed by atoms with Crippen molar-refractivity contribution >= 4 is 11.8 Å². The van der Waals surface area contributed by atoms with E-state index in [2.05, 4.69) is 17.0 Å². The summed E-state index contributed by atoms with van der Waals surface area (Å²) in [7, 11) is 0. The summed E-state index contributed by atoms with van der Waals surface area (Å²) in [5.41, 5.74) is 0.635. The molecule has 4 nitrogen and oxygen atoms in total. The van der Waals surface area contributed by atoms with Crippen LogP contribution in [0.5, 0.6) is 0 Å². The maximum atomic E-state index is 13.3. The molecule has 4 heteroatoms. The number of ketones is 1. The summed E-state index contributed by atoms with van der Waals surface area (Å²) in [6.07, 6.45) is 3.97. The van der Waals surface area contributed by atoms with Gasteiger partial charge in [0, 0.05) is 12.6 Å². The molecule has 150 valence electrons. The molecule has 2 bridgehead atoms. The van der Waals surface area contributed by atoms with E-state index in [9.17, 15) is 9.59 Å². The highest BCUT2D eigenvalue weighted by Gasteiger charge is 2.59. The highest BCUT2D eigenvalue weighted by atomic mass is 16.6. The van der Waals surface area contributed by atoms with E-state index in [1.54, 1.807) is 6.08 Å². The molecule has 3 atom stereocenters. The monoisotopic (exact) mass is 389 g/mol. The standard InChI is InChI=1S/C25H27NO3/c1-24(2,3)29-23(28)20-16-25(19-12-8-5-9-13-19)22(27)15-14-21(20)26(25)17-18-10-6-4-7-11-18/h4-15,20-21H,16-17H2,1-3H3/t20-,21-,25+/m0/s1. The van der Waals surface area contributed by atoms with Crippen LogP contribution in [-0.4, -0.2) is 28.3 Å². The molecule has 2 heterocycles. The van der Waals surface area contributed by atoms with Gasteiger partial charge in [-0.15, -0.1) is 0 Å². The second-order valence-corrected chi connectivity index (χ2v) is 8.90. The predicted octanol–water partition coefficient (Wildman–Crippen LogP) is 4.25. The Hall–Kier alpha value is -2.72. The van der Waals surface area contributed by atoms with Crippen molar-refractivity contribution in [2.24, 2.45) is 5.92 Å². The molecule has 0 amide bonds. The third kappa shape index (κ3) is 3.53. The summed E-state index contributed by atoms with van der Waals surface area (Å²) < 4.78 is 5.73. The molecular weight excluding hydrogens is 362 g/mol. The first-order chi connectivity index (χ1) is 13.8. The first-order valence-corrected chi connectivity index (χ1v) is 10.1. The van der Waals surface area contributed by atoms with Crippen molar-refractivity contribution in [3.63, 3.8) is 0 Å². The first kappa shape index (κ1) is 19.6. The third-order valence-corrected chi connectivity index (χ3v) is 5.79. The lowest BCUT2D eigenvalue weighted by Gasteiger charge is -2.41. The number of fused-ring (bicyclic) bond motifs is 2. The van der Waals surface area contributed by atoms with Gasteiger partial charge in [0.25, 0.3) is 0 Å². The van der Waals surface area contributed by atoms with Crippen LogP contribution in [0.2, 0.25) is 0 Å². The van der Waals surface area contributed by atoms with Crippen molar-refractivity contribution in [2.45, 2.75) is 50.9 Å². The van der Waals surface area contributed by atoms with Crippen LogP contribution in [0.25, 0.3) is 0 Å². The molecule has 2 aliphatic heterocycles. The number of ether oxygens (including phenoxy) is 1. The average molecular weight is 389 g/mol. The number of nitrogens with zero attached hydrogens (tertiary/aromatic N) is 1. The summed E-state index contributed by atoms with van der Waals surface area (Å²) in [5.74, 6) is -0.597. The summed E-state index contributed by atoms with van der Waals surface area (Å²) >= 11 is 0. The van der Waals surface area contributed by atoms with Crippen LogP contribution >= 0.6 is 0 Å². The van der Waals surface area contributed by atoms with Crippen molar-refractivity contribution < 1.29 is 14.3 Å². The Morgan fingerprint density at radius 1 is 1.07 bits per heavy atom. The van der Waals surface area contributed by atoms with Gasteiger partial charge in [-0.25, -0.2) is 0 Å². The number of benzene rings is 2. The van der Waals surface area contributed by atoms with Crippen LogP contribution in [0, 0.1) is 5.92 Å². The van der Waals surface area contributed by atoms with Crippen molar-refractivity contribution in [3.05, 3.63) is 83.9 Å². The van der Waals surface area contributed by atoms with Gasteiger partial charge in [-0.1, -0.05) is 66.7 Å². The highest BCUT2D eigenvalue weighted by molar-refractivity contribution is 6.01. The molecule has 2 aromatic rings. The minimum Gasteiger partial charge on any atom is -0.460 e. The van der Waals surface area contributed by atoms with E-state index in [4.69, 9.17) is 4.74 Å². The maximum Gasteiger partial charge on any atom is 0.311 e. The normalized spacial score (nSPS) is 26.5. The predicted molar refractivity (Wildman–Crippen MR) is 112 cm³/mol. The fourth-order valence-electron chi connectivity index (χ4n) is 4.59. The van der Waals surface area contributed by atoms with Crippen LogP contribution in [0.3, 0.4) is 0 Å². The Labute approximate surface area is 172 Å². The Bertz CT molecular complexity index is 930. The molecule has 2 aromatic carbocycles. The SMILES string of the molecule is CC(C)(C)OC(=O)[C@H]1C[C@@]2(c3ccccc3)C(=O)C=C[C@@H]1N2Cc1ccccc1. The molecule has 0 N–H and O–H groups in total. The Kier molecular flexibility index (Phi) is 4.91. The summed E-state index contributed by atoms with van der Waals surface area (Å²) in [6.45, 7) is 6.22. The molecule has 1 fully saturated rings. The van der Waals surface area contributed by atoms with Gasteiger partial charge in [-0.3, -0.25) is 14.5 Å². The third-order valence-electron chi connectivity index (χ3n) is 5.79. The second-order valence-electron chi connectivity index (χ2n) is 8.90. The van der Waals surface area contributed by atoms with Crippen molar-refractivity contribution in [1.29, 1.82) is 0 Å². The van der Waals surface area contributed by atoms with E-state index in [0.717, 1.165) is 11.1 Å². The van der Waals surface area contributed by atoms with Gasteiger partial charge in [0.15, 0.2) is 5.78 Å². The molecule has 4 rings (SSSR count). The molecule has 1 saturated heterocycles. The van der Waals surface area contributed by atoms with Crippen molar-refractivity contribution in [1.82, 2.24) is 4.90 Å². The zero-order valence-electron chi connectivity index (χ0n) is 17.2. The topological polar surface area (TPSA) is 46.6 Å². The Morgan fingerprint density at radius 3 is 2.31 bits per heavy atom. The van der Waals surface area contributed by atoms with E-state index in [-0.39, 0.29) is 23.7 Å². The molecule has 29 heavy (non-hydrogen) atoms. The second kappa shape index (κ2) is 7.27. The molecular formula is C25H27NO3. The lowest BCUT2D eigenvalue weighted by Crippen LogP contribution is -2.51. The molecule has 2 aliphatic rings. The lowest BCUT2D eigenvalue weighted by molar-refractivity contribution is -0.160. The van der Waals surface area contributed by atoms with Gasteiger partial charge in [0.1, 0.15) is 11.1 Å². The quantitative estimate of drug-likeness (QED) is 0.734. The van der Waals surface area contributed by atoms with Crippen LogP contribution in [0.4, 0.5) is 0 Å². The van der Waals surface area contributed by atoms with Gasteiger partial charge in [0.05, 0.1) is 5.92 Å². The summed E-state index contributed by atoms with van der Waals surface area (Å²) in [5, 5.41) is 0. The summed E-state index contributed by atoms with van der Waals surface area (Å²) in [4.78, 5) is 28.6. The van der Waals surface area contributed by atoms with Crippen LogP contribution in [0.1, 0.15) is 38.3 Å². The average Bonchev–Trinajstić information content (AvgIpc) is 2.92. The summed E-state index contributed by atoms with van der Waals surface area (Å²) in [6, 6.07) is 19.7. The molecule has 0 radical (unpaired) electrons. The zero-order chi connectivity index (χ0) is 20.6. The zero-order valence-corrected chi connectivity index (χ0v) is 17.2. The molecule has 0 unspecified atom stereocenters. The van der Waals surface area contributed by atoms with Gasteiger partial charge in [0.2, 0.25) is 0 Å². The fourth-order valence-corrected chi connectivity index (χ4v) is 4.59. The number of hydrogen-bond donors (Lipinski definition) is 0. The minimum atomic E-state index is -0.849. The lowest BCUT2D eigenvalue weighted by atomic mass is 9.81. The van der Waals surface area contributed by atoms with E-state index in [1.807, 2.05) is 75.4 Å². The number of esters is 1. The van der Waals surface area contributed by atoms with E-state index >= 15 is 0 Å². The number of rotatable bonds is 4. The van der Waals surface area contributed by atoms with Crippen molar-refractivity contribution in [2.75, 3.05) is 0 Å². The minimum absolute atomic E-state index is 0.0296. The van der Waals surface area contributed by atoms with E-state index in [1.165, 1.54) is 0 Å². The number of hydrogen-bond acceptors (Lipinski definition) is 4.